The quantitative estimate of drug-likeness (QED) is 0.345. The molecule has 0 spiro atoms. The lowest BCUT2D eigenvalue weighted by molar-refractivity contribution is -0.117. The first-order valence-corrected chi connectivity index (χ1v) is 10.8. The third-order valence-electron chi connectivity index (χ3n) is 4.53. The van der Waals surface area contributed by atoms with Crippen LogP contribution in [0.3, 0.4) is 0 Å². The summed E-state index contributed by atoms with van der Waals surface area (Å²) in [6.07, 6.45) is 1.53. The highest BCUT2D eigenvalue weighted by Gasteiger charge is 2.34. The molecule has 0 aliphatic carbocycles. The zero-order valence-corrected chi connectivity index (χ0v) is 19.1. The lowest BCUT2D eigenvalue weighted by Gasteiger charge is -2.14. The van der Waals surface area contributed by atoms with Gasteiger partial charge in [0.25, 0.3) is 11.8 Å². The Morgan fingerprint density at radius 1 is 0.968 bits per heavy atom. The molecule has 0 unspecified atom stereocenters. The van der Waals surface area contributed by atoms with E-state index < -0.39 is 11.8 Å². The fourth-order valence-corrected chi connectivity index (χ4v) is 4.47. The summed E-state index contributed by atoms with van der Waals surface area (Å²) < 4.78 is 20.2. The van der Waals surface area contributed by atoms with Gasteiger partial charge in [0.1, 0.15) is 23.7 Å². The van der Waals surface area contributed by atoms with Crippen LogP contribution in [0.1, 0.15) is 11.1 Å². The molecule has 0 saturated carbocycles. The van der Waals surface area contributed by atoms with Crippen molar-refractivity contribution in [2.45, 2.75) is 6.61 Å². The summed E-state index contributed by atoms with van der Waals surface area (Å²) in [5, 5.41) is 1.22. The SMILES string of the molecule is O=C1NN(c2ccccc2)C(=O)/C1=C/c1cc(Br)c(OCc2ccc(F)cc2)c(Br)c1. The van der Waals surface area contributed by atoms with Crippen LogP contribution < -0.4 is 15.2 Å². The van der Waals surface area contributed by atoms with E-state index in [0.717, 1.165) is 5.56 Å². The van der Waals surface area contributed by atoms with Crippen LogP contribution in [0, 0.1) is 5.82 Å². The molecule has 3 aromatic rings. The highest BCUT2D eigenvalue weighted by Crippen LogP contribution is 2.36. The van der Waals surface area contributed by atoms with Gasteiger partial charge in [-0.15, -0.1) is 0 Å². The van der Waals surface area contributed by atoms with E-state index in [1.165, 1.54) is 23.2 Å². The van der Waals surface area contributed by atoms with Crippen LogP contribution in [-0.2, 0) is 16.2 Å². The molecular weight excluding hydrogens is 531 g/mol. The number of anilines is 1. The van der Waals surface area contributed by atoms with Crippen molar-refractivity contribution in [1.29, 1.82) is 0 Å². The van der Waals surface area contributed by atoms with Gasteiger partial charge in [-0.25, -0.2) is 9.40 Å². The molecule has 31 heavy (non-hydrogen) atoms. The van der Waals surface area contributed by atoms with Crippen LogP contribution in [0.5, 0.6) is 5.75 Å². The minimum atomic E-state index is -0.474. The number of para-hydroxylation sites is 1. The summed E-state index contributed by atoms with van der Waals surface area (Å²) in [5.74, 6) is -0.655. The molecule has 1 saturated heterocycles. The molecule has 156 valence electrons. The summed E-state index contributed by atoms with van der Waals surface area (Å²) in [4.78, 5) is 25.1. The maximum Gasteiger partial charge on any atom is 0.282 e. The van der Waals surface area contributed by atoms with Crippen molar-refractivity contribution >= 4 is 55.4 Å². The molecule has 1 N–H and O–H groups in total. The van der Waals surface area contributed by atoms with Crippen LogP contribution >= 0.6 is 31.9 Å². The number of nitrogens with zero attached hydrogens (tertiary/aromatic N) is 1. The average molecular weight is 546 g/mol. The zero-order valence-electron chi connectivity index (χ0n) is 15.9. The Bertz CT molecular complexity index is 1160. The lowest BCUT2D eigenvalue weighted by Crippen LogP contribution is -2.35. The van der Waals surface area contributed by atoms with E-state index in [1.54, 1.807) is 48.5 Å². The molecule has 8 heteroatoms. The van der Waals surface area contributed by atoms with Gasteiger partial charge in [-0.2, -0.15) is 0 Å². The van der Waals surface area contributed by atoms with E-state index in [1.807, 2.05) is 6.07 Å². The standard InChI is InChI=1S/C23H15Br2FN2O3/c24-19-11-15(12-20(25)21(19)31-13-14-6-8-16(26)9-7-14)10-18-22(29)27-28(23(18)30)17-4-2-1-3-5-17/h1-12H,13H2,(H,27,29)/b18-10+. The highest BCUT2D eigenvalue weighted by atomic mass is 79.9. The highest BCUT2D eigenvalue weighted by molar-refractivity contribution is 9.11. The molecule has 3 aromatic carbocycles. The molecule has 0 aromatic heterocycles. The van der Waals surface area contributed by atoms with Crippen LogP contribution in [0.25, 0.3) is 6.08 Å². The van der Waals surface area contributed by atoms with Gasteiger partial charge < -0.3 is 4.74 Å². The molecule has 4 rings (SSSR count). The number of carbonyl (C=O) groups is 2. The maximum atomic E-state index is 13.0. The number of hydrogen-bond donors (Lipinski definition) is 1. The van der Waals surface area contributed by atoms with E-state index >= 15 is 0 Å². The summed E-state index contributed by atoms with van der Waals surface area (Å²) in [7, 11) is 0. The minimum Gasteiger partial charge on any atom is -0.487 e. The largest absolute Gasteiger partial charge is 0.487 e. The molecule has 5 nitrogen and oxygen atoms in total. The molecule has 1 aliphatic rings. The fraction of sp³-hybridized carbons (Fsp3) is 0.0435. The maximum absolute atomic E-state index is 13.0. The Balaban J connectivity index is 1.55. The Kier molecular flexibility index (Phi) is 6.20. The second kappa shape index (κ2) is 9.03. The van der Waals surface area contributed by atoms with E-state index in [4.69, 9.17) is 4.74 Å². The first-order chi connectivity index (χ1) is 14.9. The number of ether oxygens (including phenoxy) is 1. The van der Waals surface area contributed by atoms with Crippen molar-refractivity contribution in [3.63, 3.8) is 0 Å². The van der Waals surface area contributed by atoms with Gasteiger partial charge in [-0.1, -0.05) is 30.3 Å². The van der Waals surface area contributed by atoms with Crippen molar-refractivity contribution < 1.29 is 18.7 Å². The number of halogens is 3. The van der Waals surface area contributed by atoms with Crippen molar-refractivity contribution in [3.05, 3.63) is 98.2 Å². The van der Waals surface area contributed by atoms with E-state index in [9.17, 15) is 14.0 Å². The number of nitrogens with one attached hydrogen (secondary N) is 1. The number of rotatable bonds is 5. The van der Waals surface area contributed by atoms with Crippen molar-refractivity contribution in [3.8, 4) is 5.75 Å². The fourth-order valence-electron chi connectivity index (χ4n) is 3.02. The molecule has 0 atom stereocenters. The van der Waals surface area contributed by atoms with Gasteiger partial charge in [0.05, 0.1) is 14.6 Å². The van der Waals surface area contributed by atoms with Gasteiger partial charge in [-0.05, 0) is 85.5 Å². The molecule has 2 amide bonds. The number of carbonyl (C=O) groups excluding carboxylic acids is 2. The summed E-state index contributed by atoms with van der Waals surface area (Å²) in [5.41, 5.74) is 4.65. The van der Waals surface area contributed by atoms with Crippen LogP contribution in [0.4, 0.5) is 10.1 Å². The van der Waals surface area contributed by atoms with Gasteiger partial charge in [0, 0.05) is 0 Å². The molecule has 1 aliphatic heterocycles. The second-order valence-electron chi connectivity index (χ2n) is 6.70. The number of benzene rings is 3. The number of hydrogen-bond acceptors (Lipinski definition) is 3. The van der Waals surface area contributed by atoms with Gasteiger partial charge in [0.15, 0.2) is 0 Å². The lowest BCUT2D eigenvalue weighted by atomic mass is 10.1. The minimum absolute atomic E-state index is 0.0302. The Morgan fingerprint density at radius 2 is 1.61 bits per heavy atom. The predicted molar refractivity (Wildman–Crippen MR) is 123 cm³/mol. The zero-order chi connectivity index (χ0) is 22.0. The number of amides is 2. The monoisotopic (exact) mass is 544 g/mol. The van der Waals surface area contributed by atoms with Crippen molar-refractivity contribution in [2.24, 2.45) is 0 Å². The van der Waals surface area contributed by atoms with Crippen molar-refractivity contribution in [1.82, 2.24) is 5.43 Å². The molecule has 1 fully saturated rings. The van der Waals surface area contributed by atoms with E-state index in [0.29, 0.717) is 25.9 Å². The summed E-state index contributed by atoms with van der Waals surface area (Å²) in [6, 6.07) is 18.4. The number of hydrazine groups is 1. The second-order valence-corrected chi connectivity index (χ2v) is 8.41. The normalized spacial score (nSPS) is 14.8. The molecule has 0 bridgehead atoms. The molecule has 0 radical (unpaired) electrons. The molecule has 1 heterocycles. The van der Waals surface area contributed by atoms with E-state index in [2.05, 4.69) is 37.3 Å². The third kappa shape index (κ3) is 4.70. The van der Waals surface area contributed by atoms with E-state index in [-0.39, 0.29) is 18.0 Å². The average Bonchev–Trinajstić information content (AvgIpc) is 3.03. The topological polar surface area (TPSA) is 58.6 Å². The Hall–Kier alpha value is -2.97. The first-order valence-electron chi connectivity index (χ1n) is 9.21. The third-order valence-corrected chi connectivity index (χ3v) is 5.71. The van der Waals surface area contributed by atoms with Gasteiger partial charge in [-0.3, -0.25) is 15.0 Å². The van der Waals surface area contributed by atoms with Gasteiger partial charge >= 0.3 is 0 Å². The Morgan fingerprint density at radius 3 is 2.26 bits per heavy atom. The van der Waals surface area contributed by atoms with Crippen molar-refractivity contribution in [2.75, 3.05) is 5.01 Å². The van der Waals surface area contributed by atoms with Crippen LogP contribution in [0.2, 0.25) is 0 Å². The predicted octanol–water partition coefficient (Wildman–Crippen LogP) is 5.39. The molecular formula is C23H15Br2FN2O3. The van der Waals surface area contributed by atoms with Crippen LogP contribution in [0.15, 0.2) is 81.2 Å². The van der Waals surface area contributed by atoms with Crippen LogP contribution in [-0.4, -0.2) is 11.8 Å². The summed E-state index contributed by atoms with van der Waals surface area (Å²) >= 11 is 6.94. The summed E-state index contributed by atoms with van der Waals surface area (Å²) in [6.45, 7) is 0.255. The Labute approximate surface area is 194 Å². The van der Waals surface area contributed by atoms with Gasteiger partial charge in [0.2, 0.25) is 0 Å². The smallest absolute Gasteiger partial charge is 0.282 e. The first kappa shape index (κ1) is 21.3.